The van der Waals surface area contributed by atoms with E-state index < -0.39 is 0 Å². The predicted molar refractivity (Wildman–Crippen MR) is 124 cm³/mol. The number of aromatic nitrogens is 4. The number of benzene rings is 1. The van der Waals surface area contributed by atoms with Crippen molar-refractivity contribution in [2.24, 2.45) is 0 Å². The molecule has 2 N–H and O–H groups in total. The van der Waals surface area contributed by atoms with Gasteiger partial charge in [-0.25, -0.2) is 9.66 Å². The summed E-state index contributed by atoms with van der Waals surface area (Å²) in [4.78, 5) is 4.64. The van der Waals surface area contributed by atoms with Crippen LogP contribution >= 0.6 is 23.1 Å². The fourth-order valence-corrected chi connectivity index (χ4v) is 4.72. The van der Waals surface area contributed by atoms with Crippen molar-refractivity contribution >= 4 is 23.1 Å². The third-order valence-electron chi connectivity index (χ3n) is 4.74. The smallest absolute Gasteiger partial charge is 0.210 e. The maximum Gasteiger partial charge on any atom is 0.210 e. The van der Waals surface area contributed by atoms with Crippen LogP contribution in [-0.4, -0.2) is 19.9 Å². The van der Waals surface area contributed by atoms with Gasteiger partial charge in [-0.3, -0.25) is 0 Å². The van der Waals surface area contributed by atoms with Gasteiger partial charge in [0.25, 0.3) is 0 Å². The first kappa shape index (κ1) is 21.5. The second kappa shape index (κ2) is 9.15. The highest BCUT2D eigenvalue weighted by molar-refractivity contribution is 7.98. The van der Waals surface area contributed by atoms with Crippen molar-refractivity contribution in [3.8, 4) is 16.5 Å². The van der Waals surface area contributed by atoms with Crippen molar-refractivity contribution in [2.45, 2.75) is 51.1 Å². The van der Waals surface area contributed by atoms with Crippen molar-refractivity contribution in [1.29, 1.82) is 0 Å². The second-order valence-corrected chi connectivity index (χ2v) is 9.40. The van der Waals surface area contributed by atoms with E-state index in [-0.39, 0.29) is 6.61 Å². The molecule has 9 heteroatoms. The quantitative estimate of drug-likeness (QED) is 0.284. The van der Waals surface area contributed by atoms with Crippen molar-refractivity contribution in [3.63, 3.8) is 0 Å². The molecule has 0 fully saturated rings. The minimum Gasteiger partial charge on any atom is -0.485 e. The van der Waals surface area contributed by atoms with Crippen LogP contribution in [0.4, 0.5) is 0 Å². The molecule has 0 aliphatic carbocycles. The van der Waals surface area contributed by atoms with E-state index in [0.29, 0.717) is 22.7 Å². The van der Waals surface area contributed by atoms with E-state index in [0.717, 1.165) is 39.1 Å². The zero-order chi connectivity index (χ0) is 22.0. The number of nitrogens with zero attached hydrogens (tertiary/aromatic N) is 4. The third-order valence-corrected chi connectivity index (χ3v) is 6.62. The van der Waals surface area contributed by atoms with Crippen LogP contribution in [0.2, 0.25) is 0 Å². The normalized spacial score (nSPS) is 11.4. The molecule has 3 aromatic heterocycles. The third kappa shape index (κ3) is 4.94. The van der Waals surface area contributed by atoms with Gasteiger partial charge in [0.2, 0.25) is 5.16 Å². The van der Waals surface area contributed by atoms with Gasteiger partial charge in [-0.05, 0) is 49.1 Å². The van der Waals surface area contributed by atoms with Crippen LogP contribution < -0.4 is 10.6 Å². The maximum absolute atomic E-state index is 6.22. The molecule has 7 nitrogen and oxygen atoms in total. The maximum atomic E-state index is 6.22. The van der Waals surface area contributed by atoms with E-state index in [4.69, 9.17) is 15.0 Å². The Labute approximate surface area is 189 Å². The van der Waals surface area contributed by atoms with E-state index >= 15 is 0 Å². The summed E-state index contributed by atoms with van der Waals surface area (Å²) in [6, 6.07) is 10.1. The summed E-state index contributed by atoms with van der Waals surface area (Å²) in [7, 11) is 0. The highest BCUT2D eigenvalue weighted by Crippen LogP contribution is 2.30. The number of nitrogens with two attached hydrogens (primary N) is 1. The van der Waals surface area contributed by atoms with Gasteiger partial charge in [-0.2, -0.15) is 0 Å². The molecule has 4 rings (SSSR count). The Hall–Kier alpha value is -2.78. The molecule has 3 heterocycles. The summed E-state index contributed by atoms with van der Waals surface area (Å²) >= 11 is 3.05. The summed E-state index contributed by atoms with van der Waals surface area (Å²) in [6.07, 6.45) is 0. The van der Waals surface area contributed by atoms with Crippen molar-refractivity contribution < 1.29 is 9.15 Å². The van der Waals surface area contributed by atoms with Crippen LogP contribution in [0.1, 0.15) is 48.2 Å². The number of thioether (sulfide) groups is 1. The Balaban J connectivity index is 1.39. The lowest BCUT2D eigenvalue weighted by molar-refractivity contribution is 0.287. The highest BCUT2D eigenvalue weighted by atomic mass is 32.2. The Kier molecular flexibility index (Phi) is 6.33. The van der Waals surface area contributed by atoms with Crippen molar-refractivity contribution in [2.75, 3.05) is 5.84 Å². The molecule has 4 aromatic rings. The van der Waals surface area contributed by atoms with Gasteiger partial charge >= 0.3 is 0 Å². The van der Waals surface area contributed by atoms with Crippen molar-refractivity contribution in [1.82, 2.24) is 19.9 Å². The SMILES string of the molecule is Cc1ccc(C(C)C)c(OCc2nnc(SCc3csc(-c4ccc(C)o4)n3)n2N)c1. The molecule has 1 aromatic carbocycles. The average molecular weight is 456 g/mol. The largest absolute Gasteiger partial charge is 0.485 e. The standard InChI is InChI=1S/C22H25N5O2S2/c1-13(2)17-7-5-14(3)9-19(17)28-10-20-25-26-22(27(20)23)31-12-16-11-30-21(24-16)18-8-6-15(4)29-18/h5-9,11,13H,10,12,23H2,1-4H3. The number of thiazole rings is 1. The Morgan fingerprint density at radius 3 is 2.77 bits per heavy atom. The van der Waals surface area contributed by atoms with E-state index in [2.05, 4.69) is 41.2 Å². The lowest BCUT2D eigenvalue weighted by atomic mass is 10.0. The van der Waals surface area contributed by atoms with Crippen LogP contribution in [-0.2, 0) is 12.4 Å². The molecule has 0 atom stereocenters. The molecule has 0 spiro atoms. The van der Waals surface area contributed by atoms with E-state index in [9.17, 15) is 0 Å². The molecule has 0 aliphatic rings. The molecule has 0 radical (unpaired) electrons. The van der Waals surface area contributed by atoms with Crippen molar-refractivity contribution in [3.05, 3.63) is 64.1 Å². The summed E-state index contributed by atoms with van der Waals surface area (Å²) in [5.74, 6) is 10.3. The van der Waals surface area contributed by atoms with Gasteiger partial charge in [0.1, 0.15) is 18.1 Å². The molecular formula is C22H25N5O2S2. The van der Waals surface area contributed by atoms with Crippen LogP contribution in [0.3, 0.4) is 0 Å². The first-order chi connectivity index (χ1) is 14.9. The lowest BCUT2D eigenvalue weighted by Crippen LogP contribution is -2.16. The Morgan fingerprint density at radius 2 is 2.03 bits per heavy atom. The number of furan rings is 1. The van der Waals surface area contributed by atoms with Crippen LogP contribution in [0.25, 0.3) is 10.8 Å². The Morgan fingerprint density at radius 1 is 1.19 bits per heavy atom. The van der Waals surface area contributed by atoms with Crippen LogP contribution in [0.15, 0.2) is 45.3 Å². The zero-order valence-electron chi connectivity index (χ0n) is 18.0. The molecule has 0 aliphatic heterocycles. The summed E-state index contributed by atoms with van der Waals surface area (Å²) in [5.41, 5.74) is 3.26. The zero-order valence-corrected chi connectivity index (χ0v) is 19.6. The first-order valence-electron chi connectivity index (χ1n) is 9.97. The second-order valence-electron chi connectivity index (χ2n) is 7.60. The average Bonchev–Trinajstić information content (AvgIpc) is 3.45. The highest BCUT2D eigenvalue weighted by Gasteiger charge is 2.15. The number of nitrogen functional groups attached to an aromatic ring is 1. The summed E-state index contributed by atoms with van der Waals surface area (Å²) < 4.78 is 13.2. The first-order valence-corrected chi connectivity index (χ1v) is 11.8. The molecule has 0 amide bonds. The number of rotatable bonds is 8. The lowest BCUT2D eigenvalue weighted by Gasteiger charge is -2.14. The number of hydrogen-bond acceptors (Lipinski definition) is 8. The molecule has 31 heavy (non-hydrogen) atoms. The van der Waals surface area contributed by atoms with Gasteiger partial charge < -0.3 is 15.0 Å². The van der Waals surface area contributed by atoms with Gasteiger partial charge in [-0.1, -0.05) is 37.7 Å². The van der Waals surface area contributed by atoms with Crippen LogP contribution in [0, 0.1) is 13.8 Å². The molecule has 0 unspecified atom stereocenters. The topological polar surface area (TPSA) is 92.0 Å². The van der Waals surface area contributed by atoms with Crippen LogP contribution in [0.5, 0.6) is 5.75 Å². The molecule has 0 saturated heterocycles. The molecular weight excluding hydrogens is 430 g/mol. The summed E-state index contributed by atoms with van der Waals surface area (Å²) in [5, 5.41) is 11.9. The monoisotopic (exact) mass is 455 g/mol. The van der Waals surface area contributed by atoms with E-state index in [1.165, 1.54) is 16.4 Å². The van der Waals surface area contributed by atoms with Gasteiger partial charge in [0.15, 0.2) is 16.6 Å². The molecule has 0 bridgehead atoms. The number of ether oxygens (including phenoxy) is 1. The number of hydrogen-bond donors (Lipinski definition) is 1. The summed E-state index contributed by atoms with van der Waals surface area (Å²) in [6.45, 7) is 8.52. The van der Waals surface area contributed by atoms with Gasteiger partial charge in [0, 0.05) is 11.1 Å². The minimum atomic E-state index is 0.256. The fourth-order valence-electron chi connectivity index (χ4n) is 3.06. The minimum absolute atomic E-state index is 0.256. The van der Waals surface area contributed by atoms with Gasteiger partial charge in [-0.15, -0.1) is 21.5 Å². The Bertz CT molecular complexity index is 1180. The van der Waals surface area contributed by atoms with Gasteiger partial charge in [0.05, 0.1) is 5.69 Å². The fraction of sp³-hybridized carbons (Fsp3) is 0.318. The van der Waals surface area contributed by atoms with E-state index in [1.807, 2.05) is 37.4 Å². The predicted octanol–water partition coefficient (Wildman–Crippen LogP) is 5.32. The molecule has 0 saturated carbocycles. The molecule has 162 valence electrons. The van der Waals surface area contributed by atoms with E-state index in [1.54, 1.807) is 11.3 Å². The number of aryl methyl sites for hydroxylation is 2.